The minimum Gasteiger partial charge on any atom is -0.446 e. The van der Waals surface area contributed by atoms with Gasteiger partial charge in [0.25, 0.3) is 0 Å². The van der Waals surface area contributed by atoms with E-state index < -0.39 is 0 Å². The zero-order valence-corrected chi connectivity index (χ0v) is 29.3. The minimum atomic E-state index is -0.277. The highest BCUT2D eigenvalue weighted by molar-refractivity contribution is 5.77. The Morgan fingerprint density at radius 1 is 0.479 bits per heavy atom. The average Bonchev–Trinajstić information content (AvgIpc) is 3.11. The van der Waals surface area contributed by atoms with Crippen molar-refractivity contribution in [3.8, 4) is 0 Å². The molecule has 12 heteroatoms. The lowest BCUT2D eigenvalue weighted by atomic mass is 9.92. The van der Waals surface area contributed by atoms with Crippen LogP contribution in [0.15, 0.2) is 0 Å². The molecule has 1 saturated carbocycles. The van der Waals surface area contributed by atoms with Crippen LogP contribution in [0.5, 0.6) is 0 Å². The Morgan fingerprint density at radius 2 is 0.812 bits per heavy atom. The topological polar surface area (TPSA) is 124 Å². The summed E-state index contributed by atoms with van der Waals surface area (Å²) in [5, 5.41) is 6.79. The van der Waals surface area contributed by atoms with E-state index in [-0.39, 0.29) is 36.2 Å². The third-order valence-electron chi connectivity index (χ3n) is 11.3. The summed E-state index contributed by atoms with van der Waals surface area (Å²) in [5.74, 6) is 1.90. The van der Waals surface area contributed by atoms with Gasteiger partial charge in [0.15, 0.2) is 0 Å². The van der Waals surface area contributed by atoms with Gasteiger partial charge in [0, 0.05) is 65.2 Å². The van der Waals surface area contributed by atoms with Crippen LogP contribution in [-0.4, -0.2) is 134 Å². The standard InChI is InChI=1S/C36H62N6O6/c43-33(11-1-5-29-13-17-37-18-14-29)39-21-25-41(26-22-39)35(45)47-31-7-3-9-32(10-4-8-31)48-36(46)42-27-23-40(24-28-42)34(44)12-2-6-30-15-19-38-20-16-30/h29-32,37-38H,1-28H2. The highest BCUT2D eigenvalue weighted by Gasteiger charge is 2.30. The number of rotatable bonds is 10. The molecule has 0 atom stereocenters. The Bertz CT molecular complexity index is 930. The van der Waals surface area contributed by atoms with Gasteiger partial charge < -0.3 is 39.7 Å². The Morgan fingerprint density at radius 3 is 1.17 bits per heavy atom. The van der Waals surface area contributed by atoms with Crippen LogP contribution >= 0.6 is 0 Å². The predicted octanol–water partition coefficient (Wildman–Crippen LogP) is 3.98. The van der Waals surface area contributed by atoms with Crippen molar-refractivity contribution in [2.24, 2.45) is 11.8 Å². The number of nitrogens with one attached hydrogen (secondary N) is 2. The lowest BCUT2D eigenvalue weighted by Crippen LogP contribution is -2.51. The van der Waals surface area contributed by atoms with Crippen molar-refractivity contribution in [3.63, 3.8) is 0 Å². The monoisotopic (exact) mass is 674 g/mol. The predicted molar refractivity (Wildman–Crippen MR) is 183 cm³/mol. The number of hydrogen-bond donors (Lipinski definition) is 2. The molecule has 272 valence electrons. The summed E-state index contributed by atoms with van der Waals surface area (Å²) in [4.78, 5) is 58.6. The molecular weight excluding hydrogens is 612 g/mol. The largest absolute Gasteiger partial charge is 0.446 e. The first kappa shape index (κ1) is 36.7. The average molecular weight is 675 g/mol. The molecule has 0 unspecified atom stereocenters. The van der Waals surface area contributed by atoms with Crippen LogP contribution in [0.25, 0.3) is 0 Å². The maximum Gasteiger partial charge on any atom is 0.410 e. The van der Waals surface area contributed by atoms with E-state index >= 15 is 0 Å². The number of carbonyl (C=O) groups is 4. The first-order chi connectivity index (χ1) is 23.4. The van der Waals surface area contributed by atoms with Crippen molar-refractivity contribution in [3.05, 3.63) is 0 Å². The number of nitrogens with zero attached hydrogens (tertiary/aromatic N) is 4. The van der Waals surface area contributed by atoms with Gasteiger partial charge in [-0.2, -0.15) is 0 Å². The van der Waals surface area contributed by atoms with Gasteiger partial charge in [-0.15, -0.1) is 0 Å². The van der Waals surface area contributed by atoms with Gasteiger partial charge >= 0.3 is 12.2 Å². The molecule has 5 fully saturated rings. The molecule has 0 aromatic rings. The van der Waals surface area contributed by atoms with Gasteiger partial charge in [-0.25, -0.2) is 9.59 Å². The molecule has 5 rings (SSSR count). The Balaban J connectivity index is 0.909. The molecule has 4 heterocycles. The van der Waals surface area contributed by atoms with E-state index in [1.807, 2.05) is 9.80 Å². The first-order valence-corrected chi connectivity index (χ1v) is 19.3. The summed E-state index contributed by atoms with van der Waals surface area (Å²) in [6.07, 6.45) is 14.1. The first-order valence-electron chi connectivity index (χ1n) is 19.3. The highest BCUT2D eigenvalue weighted by Crippen LogP contribution is 2.25. The van der Waals surface area contributed by atoms with Gasteiger partial charge in [0.05, 0.1) is 0 Å². The molecule has 4 saturated heterocycles. The highest BCUT2D eigenvalue weighted by atomic mass is 16.6. The van der Waals surface area contributed by atoms with Gasteiger partial charge in [-0.05, 0) is 128 Å². The van der Waals surface area contributed by atoms with Gasteiger partial charge in [0.2, 0.25) is 11.8 Å². The zero-order valence-electron chi connectivity index (χ0n) is 29.3. The molecule has 48 heavy (non-hydrogen) atoms. The van der Waals surface area contributed by atoms with Gasteiger partial charge in [-0.1, -0.05) is 0 Å². The molecule has 0 aromatic carbocycles. The summed E-state index contributed by atoms with van der Waals surface area (Å²) in [7, 11) is 0. The summed E-state index contributed by atoms with van der Waals surface area (Å²) in [5.41, 5.74) is 0. The quantitative estimate of drug-likeness (QED) is 0.357. The minimum absolute atomic E-state index is 0.130. The van der Waals surface area contributed by atoms with Crippen LogP contribution in [0.3, 0.4) is 0 Å². The third kappa shape index (κ3) is 11.8. The lowest BCUT2D eigenvalue weighted by molar-refractivity contribution is -0.133. The number of ether oxygens (including phenoxy) is 2. The van der Waals surface area contributed by atoms with Gasteiger partial charge in [0.1, 0.15) is 12.2 Å². The molecule has 2 N–H and O–H groups in total. The Kier molecular flexibility index (Phi) is 14.9. The summed E-state index contributed by atoms with van der Waals surface area (Å²) >= 11 is 0. The number of amides is 4. The number of carbonyl (C=O) groups excluding carboxylic acids is 4. The van der Waals surface area contributed by atoms with Crippen molar-refractivity contribution in [2.75, 3.05) is 78.5 Å². The van der Waals surface area contributed by atoms with E-state index in [0.29, 0.717) is 65.2 Å². The van der Waals surface area contributed by atoms with Crippen LogP contribution < -0.4 is 10.6 Å². The van der Waals surface area contributed by atoms with Crippen LogP contribution in [-0.2, 0) is 19.1 Å². The fourth-order valence-corrected chi connectivity index (χ4v) is 8.12. The molecule has 0 radical (unpaired) electrons. The van der Waals surface area contributed by atoms with Gasteiger partial charge in [-0.3, -0.25) is 9.59 Å². The summed E-state index contributed by atoms with van der Waals surface area (Å²) in [6, 6.07) is 0. The number of hydrogen-bond acceptors (Lipinski definition) is 8. The zero-order chi connectivity index (χ0) is 33.6. The fraction of sp³-hybridized carbons (Fsp3) is 0.889. The van der Waals surface area contributed by atoms with Crippen LogP contribution in [0.4, 0.5) is 9.59 Å². The number of piperidine rings is 2. The fourth-order valence-electron chi connectivity index (χ4n) is 8.12. The number of piperazine rings is 2. The van der Waals surface area contributed by atoms with Crippen LogP contribution in [0.2, 0.25) is 0 Å². The molecule has 1 aliphatic carbocycles. The second kappa shape index (κ2) is 19.6. The van der Waals surface area contributed by atoms with E-state index in [1.54, 1.807) is 9.80 Å². The van der Waals surface area contributed by atoms with Crippen molar-refractivity contribution < 1.29 is 28.7 Å². The molecular formula is C36H62N6O6. The van der Waals surface area contributed by atoms with Crippen molar-refractivity contribution >= 4 is 24.0 Å². The van der Waals surface area contributed by atoms with Crippen molar-refractivity contribution in [2.45, 2.75) is 115 Å². The third-order valence-corrected chi connectivity index (χ3v) is 11.3. The smallest absolute Gasteiger partial charge is 0.410 e. The Hall–Kier alpha value is -2.60. The molecule has 0 spiro atoms. The molecule has 12 nitrogen and oxygen atoms in total. The van der Waals surface area contributed by atoms with Crippen LogP contribution in [0, 0.1) is 11.8 Å². The maximum atomic E-state index is 12.9. The van der Waals surface area contributed by atoms with Crippen LogP contribution in [0.1, 0.15) is 103 Å². The molecule has 0 bridgehead atoms. The second-order valence-electron chi connectivity index (χ2n) is 14.8. The van der Waals surface area contributed by atoms with Crippen molar-refractivity contribution in [1.29, 1.82) is 0 Å². The van der Waals surface area contributed by atoms with Crippen molar-refractivity contribution in [1.82, 2.24) is 30.2 Å². The molecule has 5 aliphatic rings. The van der Waals surface area contributed by atoms with E-state index in [2.05, 4.69) is 10.6 Å². The summed E-state index contributed by atoms with van der Waals surface area (Å²) < 4.78 is 11.8. The molecule has 4 amide bonds. The second-order valence-corrected chi connectivity index (χ2v) is 14.8. The molecule has 0 aromatic heterocycles. The maximum absolute atomic E-state index is 12.9. The van der Waals surface area contributed by atoms with E-state index in [1.165, 1.54) is 25.7 Å². The van der Waals surface area contributed by atoms with E-state index in [0.717, 1.165) is 102 Å². The Labute approximate surface area is 287 Å². The van der Waals surface area contributed by atoms with E-state index in [9.17, 15) is 19.2 Å². The lowest BCUT2D eigenvalue weighted by Gasteiger charge is -2.36. The SMILES string of the molecule is O=C(CCCC1CCNCC1)N1CCN(C(=O)OC2CCCC(OC(=O)N3CCN(C(=O)CCCC4CCNCC4)CC3)CCC2)CC1. The van der Waals surface area contributed by atoms with E-state index in [4.69, 9.17) is 9.47 Å². The molecule has 4 aliphatic heterocycles. The normalized spacial score (nSPS) is 25.2. The summed E-state index contributed by atoms with van der Waals surface area (Å²) in [6.45, 7) is 8.74.